The molecule has 0 aromatic carbocycles. The van der Waals surface area contributed by atoms with Crippen molar-refractivity contribution in [1.29, 1.82) is 0 Å². The van der Waals surface area contributed by atoms with Crippen LogP contribution in [0.15, 0.2) is 22.3 Å². The Morgan fingerprint density at radius 2 is 1.91 bits per heavy atom. The van der Waals surface area contributed by atoms with E-state index >= 15 is 0 Å². The van der Waals surface area contributed by atoms with Crippen molar-refractivity contribution in [3.05, 3.63) is 39.0 Å². The summed E-state index contributed by atoms with van der Waals surface area (Å²) in [6, 6.07) is 1.66. The predicted molar refractivity (Wildman–Crippen MR) is 119 cm³/mol. The minimum Gasteiger partial charge on any atom is -0.473 e. The molecule has 170 valence electrons. The molecule has 0 amide bonds. The number of nitrogens with zero attached hydrogens (tertiary/aromatic N) is 5. The number of fused-ring (bicyclic) bond motifs is 1. The summed E-state index contributed by atoms with van der Waals surface area (Å²) in [5.74, 6) is -1.04. The van der Waals surface area contributed by atoms with Crippen LogP contribution >= 0.6 is 22.7 Å². The summed E-state index contributed by atoms with van der Waals surface area (Å²) in [6.45, 7) is 4.00. The van der Waals surface area contributed by atoms with Crippen LogP contribution in [0.1, 0.15) is 30.0 Å². The zero-order chi connectivity index (χ0) is 23.5. The molecule has 0 aliphatic rings. The Hall–Kier alpha value is -3.61. The smallest absolute Gasteiger partial charge is 0.354 e. The van der Waals surface area contributed by atoms with Gasteiger partial charge in [0.25, 0.3) is 10.4 Å². The second-order valence-electron chi connectivity index (χ2n) is 5.48. The Morgan fingerprint density at radius 1 is 1.19 bits per heavy atom. The topological polar surface area (TPSA) is 161 Å². The molecule has 3 aromatic heterocycles. The summed E-state index contributed by atoms with van der Waals surface area (Å²) < 4.78 is 19.5. The van der Waals surface area contributed by atoms with Gasteiger partial charge in [0.15, 0.2) is 0 Å². The van der Waals surface area contributed by atoms with Crippen molar-refractivity contribution in [3.8, 4) is 10.4 Å². The largest absolute Gasteiger partial charge is 0.473 e. The van der Waals surface area contributed by atoms with Crippen molar-refractivity contribution in [2.24, 2.45) is 5.11 Å². The molecule has 3 rings (SSSR count). The lowest BCUT2D eigenvalue weighted by atomic mass is 10.3. The van der Waals surface area contributed by atoms with Gasteiger partial charge in [0.1, 0.15) is 21.7 Å². The van der Waals surface area contributed by atoms with E-state index in [1.165, 1.54) is 35.9 Å². The second-order valence-corrected chi connectivity index (χ2v) is 7.27. The maximum Gasteiger partial charge on any atom is 0.354 e. The fourth-order valence-electron chi connectivity index (χ4n) is 2.15. The Balaban J connectivity index is 0.000000228. The molecular weight excluding hydrogens is 460 g/mol. The van der Waals surface area contributed by atoms with E-state index in [2.05, 4.69) is 25.0 Å². The van der Waals surface area contributed by atoms with E-state index in [9.17, 15) is 9.59 Å². The Labute approximate surface area is 190 Å². The molecule has 0 aliphatic carbocycles. The summed E-state index contributed by atoms with van der Waals surface area (Å²) in [7, 11) is 3.05. The number of thiazole rings is 2. The molecule has 0 atom stereocenters. The van der Waals surface area contributed by atoms with E-state index in [-0.39, 0.29) is 18.3 Å². The number of rotatable bonds is 8. The molecule has 14 heteroatoms. The Morgan fingerprint density at radius 3 is 2.47 bits per heavy atom. The lowest BCUT2D eigenvalue weighted by Crippen LogP contribution is -2.05. The monoisotopic (exact) mass is 480 g/mol. The SMILES string of the molecule is CCOC(=O)/C(=C/c1csc(OC)n1)N=[N+]=[N-].CCOC(=O)c1cc2nc(OC)sc2[nH]1. The van der Waals surface area contributed by atoms with Gasteiger partial charge in [0.05, 0.1) is 33.1 Å². The van der Waals surface area contributed by atoms with E-state index in [1.54, 1.807) is 32.4 Å². The summed E-state index contributed by atoms with van der Waals surface area (Å²) in [4.78, 5) is 37.2. The van der Waals surface area contributed by atoms with Crippen LogP contribution < -0.4 is 9.47 Å². The zero-order valence-electron chi connectivity index (χ0n) is 17.6. The molecule has 3 aromatic rings. The first-order valence-corrected chi connectivity index (χ1v) is 10.8. The molecule has 0 radical (unpaired) electrons. The average Bonchev–Trinajstić information content (AvgIpc) is 3.49. The minimum atomic E-state index is -0.683. The summed E-state index contributed by atoms with van der Waals surface area (Å²) >= 11 is 2.63. The third-order valence-electron chi connectivity index (χ3n) is 3.43. The minimum absolute atomic E-state index is 0.137. The molecule has 0 aliphatic heterocycles. The number of esters is 2. The Bertz CT molecular complexity index is 1110. The van der Waals surface area contributed by atoms with Crippen LogP contribution in [0.5, 0.6) is 10.4 Å². The molecule has 0 saturated carbocycles. The number of aromatic amines is 1. The van der Waals surface area contributed by atoms with Crippen molar-refractivity contribution in [3.63, 3.8) is 0 Å². The number of ether oxygens (including phenoxy) is 4. The van der Waals surface area contributed by atoms with Crippen LogP contribution in [0.25, 0.3) is 26.9 Å². The number of methoxy groups -OCH3 is 2. The second kappa shape index (κ2) is 12.3. The molecular formula is C18H20N6O6S2. The standard InChI is InChI=1S/C9H10N4O3S.C9H10N2O3S/c1-3-16-8(14)7(12-13-10)4-6-5-17-9(11-6)15-2;1-3-14-8(12)6-4-5-7(10-6)15-9(11-5)13-2/h4-5H,3H2,1-2H3;4,10H,3H2,1-2H3/b7-4-;. The normalized spacial score (nSPS) is 10.6. The fourth-order valence-corrected chi connectivity index (χ4v) is 3.52. The third kappa shape index (κ3) is 6.70. The van der Waals surface area contributed by atoms with Crippen LogP contribution in [0, 0.1) is 0 Å². The van der Waals surface area contributed by atoms with Gasteiger partial charge >= 0.3 is 11.9 Å². The number of hydrogen-bond donors (Lipinski definition) is 1. The molecule has 32 heavy (non-hydrogen) atoms. The Kier molecular flexibility index (Phi) is 9.47. The summed E-state index contributed by atoms with van der Waals surface area (Å²) in [5, 5.41) is 5.97. The van der Waals surface area contributed by atoms with E-state index in [0.29, 0.717) is 28.4 Å². The molecule has 3 heterocycles. The van der Waals surface area contributed by atoms with Gasteiger partial charge in [-0.05, 0) is 31.5 Å². The van der Waals surface area contributed by atoms with Gasteiger partial charge < -0.3 is 23.9 Å². The van der Waals surface area contributed by atoms with Crippen molar-refractivity contribution in [2.75, 3.05) is 27.4 Å². The average molecular weight is 481 g/mol. The summed E-state index contributed by atoms with van der Waals surface area (Å²) in [5.41, 5.74) is 9.83. The number of H-pyrrole nitrogens is 1. The van der Waals surface area contributed by atoms with E-state index in [0.717, 1.165) is 10.3 Å². The fraction of sp³-hybridized carbons (Fsp3) is 0.333. The first-order valence-electron chi connectivity index (χ1n) is 9.09. The molecule has 0 saturated heterocycles. The predicted octanol–water partition coefficient (Wildman–Crippen LogP) is 4.18. The van der Waals surface area contributed by atoms with Crippen LogP contribution in [0.2, 0.25) is 0 Å². The van der Waals surface area contributed by atoms with E-state index in [4.69, 9.17) is 24.5 Å². The number of carbonyl (C=O) groups excluding carboxylic acids is 2. The van der Waals surface area contributed by atoms with Crippen LogP contribution in [0.4, 0.5) is 0 Å². The van der Waals surface area contributed by atoms with Crippen molar-refractivity contribution in [1.82, 2.24) is 15.0 Å². The lowest BCUT2D eigenvalue weighted by molar-refractivity contribution is -0.138. The van der Waals surface area contributed by atoms with Gasteiger partial charge in [0.2, 0.25) is 0 Å². The lowest BCUT2D eigenvalue weighted by Gasteiger charge is -1.99. The highest BCUT2D eigenvalue weighted by Crippen LogP contribution is 2.27. The summed E-state index contributed by atoms with van der Waals surface area (Å²) in [6.07, 6.45) is 1.34. The highest BCUT2D eigenvalue weighted by molar-refractivity contribution is 7.19. The number of carbonyl (C=O) groups is 2. The number of nitrogens with one attached hydrogen (secondary N) is 1. The van der Waals surface area contributed by atoms with E-state index < -0.39 is 5.97 Å². The number of azide groups is 1. The van der Waals surface area contributed by atoms with Gasteiger partial charge in [-0.25, -0.2) is 19.6 Å². The molecule has 1 N–H and O–H groups in total. The van der Waals surface area contributed by atoms with Crippen LogP contribution in [0.3, 0.4) is 0 Å². The van der Waals surface area contributed by atoms with Crippen molar-refractivity contribution < 1.29 is 28.5 Å². The maximum atomic E-state index is 11.4. The maximum absolute atomic E-state index is 11.4. The molecule has 0 bridgehead atoms. The van der Waals surface area contributed by atoms with Gasteiger partial charge in [-0.15, -0.1) is 0 Å². The van der Waals surface area contributed by atoms with E-state index in [1.807, 2.05) is 0 Å². The van der Waals surface area contributed by atoms with Crippen LogP contribution in [-0.2, 0) is 14.3 Å². The number of hydrogen-bond acceptors (Lipinski definition) is 11. The molecule has 12 nitrogen and oxygen atoms in total. The number of aromatic nitrogens is 3. The quantitative estimate of drug-likeness (QED) is 0.165. The van der Waals surface area contributed by atoms with Gasteiger partial charge in [-0.1, -0.05) is 27.8 Å². The molecule has 0 spiro atoms. The van der Waals surface area contributed by atoms with Gasteiger partial charge in [-0.3, -0.25) is 0 Å². The van der Waals surface area contributed by atoms with Crippen molar-refractivity contribution in [2.45, 2.75) is 13.8 Å². The first-order chi connectivity index (χ1) is 15.4. The molecule has 0 fully saturated rings. The highest BCUT2D eigenvalue weighted by Gasteiger charge is 2.14. The van der Waals surface area contributed by atoms with Crippen molar-refractivity contribution >= 4 is 51.0 Å². The van der Waals surface area contributed by atoms with Gasteiger partial charge in [-0.2, -0.15) is 0 Å². The third-order valence-corrected chi connectivity index (χ3v) is 5.20. The van der Waals surface area contributed by atoms with Crippen LogP contribution in [-0.4, -0.2) is 54.3 Å². The molecule has 0 unspecified atom stereocenters. The van der Waals surface area contributed by atoms with Gasteiger partial charge in [0, 0.05) is 10.3 Å². The highest BCUT2D eigenvalue weighted by atomic mass is 32.1. The first kappa shape index (κ1) is 24.7. The zero-order valence-corrected chi connectivity index (χ0v) is 19.3.